The van der Waals surface area contributed by atoms with Crippen LogP contribution in [0.15, 0.2) is 42.9 Å². The van der Waals surface area contributed by atoms with E-state index in [4.69, 9.17) is 17.3 Å². The minimum Gasteiger partial charge on any atom is -0.394 e. The lowest BCUT2D eigenvalue weighted by molar-refractivity contribution is 0.0911. The molecule has 0 aliphatic carbocycles. The van der Waals surface area contributed by atoms with Crippen molar-refractivity contribution < 1.29 is 14.3 Å². The molecule has 26 heavy (non-hydrogen) atoms. The molecular weight excluding hydrogens is 361 g/mol. The fourth-order valence-corrected chi connectivity index (χ4v) is 2.52. The average molecular weight is 376 g/mol. The maximum atomic E-state index is 13.6. The fraction of sp³-hybridized carbons (Fsp3) is 0.118. The lowest BCUT2D eigenvalue weighted by atomic mass is 10.1. The number of benzene rings is 1. The van der Waals surface area contributed by atoms with Gasteiger partial charge in [0.2, 0.25) is 0 Å². The first kappa shape index (κ1) is 17.8. The highest BCUT2D eigenvalue weighted by atomic mass is 35.5. The zero-order valence-electron chi connectivity index (χ0n) is 13.4. The Morgan fingerprint density at radius 2 is 2.15 bits per heavy atom. The molecule has 3 rings (SSSR count). The number of aliphatic hydroxyl groups is 1. The van der Waals surface area contributed by atoms with Crippen LogP contribution in [0.3, 0.4) is 0 Å². The fourth-order valence-electron chi connectivity index (χ4n) is 2.40. The first-order valence-electron chi connectivity index (χ1n) is 7.61. The molecule has 7 nitrogen and oxygen atoms in total. The van der Waals surface area contributed by atoms with E-state index in [2.05, 4.69) is 20.3 Å². The van der Waals surface area contributed by atoms with Crippen molar-refractivity contribution >= 4 is 23.3 Å². The molecule has 2 aromatic heterocycles. The van der Waals surface area contributed by atoms with Gasteiger partial charge in [-0.1, -0.05) is 17.7 Å². The van der Waals surface area contributed by atoms with E-state index in [0.717, 1.165) is 0 Å². The predicted molar refractivity (Wildman–Crippen MR) is 94.9 cm³/mol. The van der Waals surface area contributed by atoms with Crippen molar-refractivity contribution in [2.45, 2.75) is 6.04 Å². The standard InChI is InChI=1S/C17H15ClFN5O2/c18-11-2-1-9(3-12(11)19)15(7-25)24-17(26)14-4-10(6-21-14)13-5-16(20)23-8-22-13/h1-6,8,15,21,25H,7H2,(H,24,26)(H2,20,22,23)/t15-/m0/s1. The molecule has 3 aromatic rings. The zero-order chi connectivity index (χ0) is 18.7. The maximum absolute atomic E-state index is 13.6. The highest BCUT2D eigenvalue weighted by Gasteiger charge is 2.18. The van der Waals surface area contributed by atoms with Gasteiger partial charge in [-0.15, -0.1) is 0 Å². The number of carbonyl (C=O) groups excluding carboxylic acids is 1. The summed E-state index contributed by atoms with van der Waals surface area (Å²) in [6, 6.07) is 6.47. The SMILES string of the molecule is Nc1cc(-c2c[nH]c(C(=O)N[C@@H](CO)c3ccc(Cl)c(F)c3)c2)ncn1. The number of nitrogens with one attached hydrogen (secondary N) is 2. The number of hydrogen-bond donors (Lipinski definition) is 4. The summed E-state index contributed by atoms with van der Waals surface area (Å²) in [6.07, 6.45) is 2.93. The molecule has 134 valence electrons. The number of nitrogens with zero attached hydrogens (tertiary/aromatic N) is 2. The second-order valence-electron chi connectivity index (χ2n) is 5.51. The number of H-pyrrole nitrogens is 1. The van der Waals surface area contributed by atoms with Gasteiger partial charge in [-0.2, -0.15) is 0 Å². The van der Waals surface area contributed by atoms with Crippen molar-refractivity contribution in [1.29, 1.82) is 0 Å². The van der Waals surface area contributed by atoms with Gasteiger partial charge in [0, 0.05) is 17.8 Å². The summed E-state index contributed by atoms with van der Waals surface area (Å²) < 4.78 is 13.6. The number of nitrogen functional groups attached to an aromatic ring is 1. The number of carbonyl (C=O) groups is 1. The topological polar surface area (TPSA) is 117 Å². The van der Waals surface area contributed by atoms with E-state index < -0.39 is 24.4 Å². The molecule has 1 aromatic carbocycles. The Morgan fingerprint density at radius 3 is 2.85 bits per heavy atom. The second-order valence-corrected chi connectivity index (χ2v) is 5.92. The minimum atomic E-state index is -0.782. The largest absolute Gasteiger partial charge is 0.394 e. The lowest BCUT2D eigenvalue weighted by Gasteiger charge is -2.16. The third kappa shape index (κ3) is 3.81. The summed E-state index contributed by atoms with van der Waals surface area (Å²) in [5.74, 6) is -0.777. The Labute approximate surface area is 153 Å². The highest BCUT2D eigenvalue weighted by molar-refractivity contribution is 6.30. The van der Waals surface area contributed by atoms with Gasteiger partial charge in [0.1, 0.15) is 23.7 Å². The van der Waals surface area contributed by atoms with Crippen LogP contribution in [-0.2, 0) is 0 Å². The number of amides is 1. The van der Waals surface area contributed by atoms with Crippen molar-refractivity contribution in [3.05, 3.63) is 65.0 Å². The summed E-state index contributed by atoms with van der Waals surface area (Å²) in [4.78, 5) is 23.2. The van der Waals surface area contributed by atoms with Gasteiger partial charge in [0.05, 0.1) is 23.4 Å². The third-order valence-electron chi connectivity index (χ3n) is 3.75. The number of rotatable bonds is 5. The Morgan fingerprint density at radius 1 is 1.35 bits per heavy atom. The molecule has 0 radical (unpaired) electrons. The van der Waals surface area contributed by atoms with Gasteiger partial charge in [0.25, 0.3) is 5.91 Å². The summed E-state index contributed by atoms with van der Waals surface area (Å²) in [7, 11) is 0. The number of hydrogen-bond acceptors (Lipinski definition) is 5. The maximum Gasteiger partial charge on any atom is 0.268 e. The molecule has 9 heteroatoms. The first-order valence-corrected chi connectivity index (χ1v) is 7.98. The number of anilines is 1. The van der Waals surface area contributed by atoms with Crippen molar-refractivity contribution in [1.82, 2.24) is 20.3 Å². The first-order chi connectivity index (χ1) is 12.5. The number of aromatic amines is 1. The molecule has 0 bridgehead atoms. The quantitative estimate of drug-likeness (QED) is 0.546. The van der Waals surface area contributed by atoms with Crippen molar-refractivity contribution in [3.63, 3.8) is 0 Å². The van der Waals surface area contributed by atoms with Crippen LogP contribution in [0.1, 0.15) is 22.1 Å². The highest BCUT2D eigenvalue weighted by Crippen LogP contribution is 2.22. The Hall–Kier alpha value is -2.97. The normalized spacial score (nSPS) is 12.0. The monoisotopic (exact) mass is 375 g/mol. The van der Waals surface area contributed by atoms with Crippen molar-refractivity contribution in [2.24, 2.45) is 0 Å². The molecule has 0 unspecified atom stereocenters. The van der Waals surface area contributed by atoms with Crippen molar-refractivity contribution in [3.8, 4) is 11.3 Å². The Bertz CT molecular complexity index is 946. The average Bonchev–Trinajstić information content (AvgIpc) is 3.12. The van der Waals surface area contributed by atoms with E-state index in [-0.39, 0.29) is 10.7 Å². The van der Waals surface area contributed by atoms with Crippen LogP contribution in [0.25, 0.3) is 11.3 Å². The number of aromatic nitrogens is 3. The molecule has 5 N–H and O–H groups in total. The van der Waals surface area contributed by atoms with Gasteiger partial charge in [-0.25, -0.2) is 14.4 Å². The molecule has 1 amide bonds. The van der Waals surface area contributed by atoms with E-state index in [0.29, 0.717) is 22.6 Å². The van der Waals surface area contributed by atoms with Crippen LogP contribution in [0.4, 0.5) is 10.2 Å². The van der Waals surface area contributed by atoms with Crippen LogP contribution in [0.5, 0.6) is 0 Å². The van der Waals surface area contributed by atoms with Crippen LogP contribution in [-0.4, -0.2) is 32.6 Å². The van der Waals surface area contributed by atoms with Gasteiger partial charge in [0.15, 0.2) is 0 Å². The molecule has 0 spiro atoms. The number of halogens is 2. The van der Waals surface area contributed by atoms with Crippen LogP contribution >= 0.6 is 11.6 Å². The Balaban J connectivity index is 1.77. The molecule has 2 heterocycles. The van der Waals surface area contributed by atoms with E-state index in [9.17, 15) is 14.3 Å². The van der Waals surface area contributed by atoms with E-state index >= 15 is 0 Å². The summed E-state index contributed by atoms with van der Waals surface area (Å²) >= 11 is 5.65. The molecule has 1 atom stereocenters. The van der Waals surface area contributed by atoms with Crippen molar-refractivity contribution in [2.75, 3.05) is 12.3 Å². The van der Waals surface area contributed by atoms with Gasteiger partial charge in [-0.05, 0) is 23.8 Å². The van der Waals surface area contributed by atoms with Crippen LogP contribution in [0, 0.1) is 5.82 Å². The van der Waals surface area contributed by atoms with Gasteiger partial charge >= 0.3 is 0 Å². The van der Waals surface area contributed by atoms with Crippen LogP contribution in [0.2, 0.25) is 5.02 Å². The Kier molecular flexibility index (Phi) is 5.15. The second kappa shape index (κ2) is 7.51. The molecular formula is C17H15ClFN5O2. The molecule has 0 aliphatic rings. The number of nitrogens with two attached hydrogens (primary N) is 1. The number of aliphatic hydroxyl groups excluding tert-OH is 1. The van der Waals surface area contributed by atoms with Crippen LogP contribution < -0.4 is 11.1 Å². The van der Waals surface area contributed by atoms with E-state index in [1.165, 1.54) is 24.5 Å². The zero-order valence-corrected chi connectivity index (χ0v) is 14.2. The lowest BCUT2D eigenvalue weighted by Crippen LogP contribution is -2.31. The smallest absolute Gasteiger partial charge is 0.268 e. The van der Waals surface area contributed by atoms with E-state index in [1.54, 1.807) is 18.3 Å². The summed E-state index contributed by atoms with van der Waals surface area (Å²) in [5.41, 5.74) is 7.50. The summed E-state index contributed by atoms with van der Waals surface area (Å²) in [6.45, 7) is -0.400. The van der Waals surface area contributed by atoms with Gasteiger partial charge < -0.3 is 21.1 Å². The minimum absolute atomic E-state index is 0.0325. The summed E-state index contributed by atoms with van der Waals surface area (Å²) in [5, 5.41) is 12.1. The molecule has 0 aliphatic heterocycles. The molecule has 0 fully saturated rings. The van der Waals surface area contributed by atoms with E-state index in [1.807, 2.05) is 0 Å². The molecule has 0 saturated carbocycles. The van der Waals surface area contributed by atoms with Gasteiger partial charge in [-0.3, -0.25) is 4.79 Å². The molecule has 0 saturated heterocycles. The predicted octanol–water partition coefficient (Wildman–Crippen LogP) is 2.31. The third-order valence-corrected chi connectivity index (χ3v) is 4.05.